The van der Waals surface area contributed by atoms with E-state index >= 15 is 0 Å². The fraction of sp³-hybridized carbons (Fsp3) is 0.643. The molecule has 1 aromatic rings. The van der Waals surface area contributed by atoms with Crippen molar-refractivity contribution in [3.8, 4) is 0 Å². The Labute approximate surface area is 122 Å². The lowest BCUT2D eigenvalue weighted by molar-refractivity contribution is 0.0932. The molecule has 0 atom stereocenters. The summed E-state index contributed by atoms with van der Waals surface area (Å²) in [5.41, 5.74) is 1.28. The normalized spacial score (nSPS) is 15.1. The van der Waals surface area contributed by atoms with Crippen molar-refractivity contribution in [1.82, 2.24) is 5.32 Å². The van der Waals surface area contributed by atoms with E-state index in [2.05, 4.69) is 19.2 Å². The van der Waals surface area contributed by atoms with Gasteiger partial charge in [-0.2, -0.15) is 11.8 Å². The van der Waals surface area contributed by atoms with E-state index in [4.69, 9.17) is 5.11 Å². The van der Waals surface area contributed by atoms with Crippen LogP contribution in [0.2, 0.25) is 0 Å². The molecule has 1 aliphatic rings. The number of hydrogen-bond acceptors (Lipinski definition) is 4. The summed E-state index contributed by atoms with van der Waals surface area (Å²) in [6.07, 6.45) is 1.79. The van der Waals surface area contributed by atoms with Gasteiger partial charge in [0.2, 0.25) is 0 Å². The molecule has 0 spiro atoms. The second-order valence-corrected chi connectivity index (χ2v) is 7.92. The van der Waals surface area contributed by atoms with Crippen LogP contribution in [0.15, 0.2) is 6.07 Å². The van der Waals surface area contributed by atoms with Gasteiger partial charge in [-0.1, -0.05) is 13.8 Å². The molecule has 1 aliphatic heterocycles. The van der Waals surface area contributed by atoms with Crippen LogP contribution in [-0.2, 0) is 12.2 Å². The van der Waals surface area contributed by atoms with Gasteiger partial charge in [0, 0.05) is 23.8 Å². The van der Waals surface area contributed by atoms with Gasteiger partial charge in [0.25, 0.3) is 5.91 Å². The maximum absolute atomic E-state index is 12.1. The van der Waals surface area contributed by atoms with Gasteiger partial charge in [-0.15, -0.1) is 11.3 Å². The summed E-state index contributed by atoms with van der Waals surface area (Å²) in [5, 5.41) is 12.0. The van der Waals surface area contributed by atoms with Gasteiger partial charge in [-0.25, -0.2) is 0 Å². The summed E-state index contributed by atoms with van der Waals surface area (Å²) >= 11 is 3.57. The number of fused-ring (bicyclic) bond motifs is 1. The predicted octanol–water partition coefficient (Wildman–Crippen LogP) is 2.68. The predicted molar refractivity (Wildman–Crippen MR) is 82.0 cm³/mol. The number of amides is 1. The molecule has 0 fully saturated rings. The van der Waals surface area contributed by atoms with Gasteiger partial charge in [-0.05, 0) is 35.6 Å². The molecule has 0 saturated carbocycles. The number of aryl methyl sites for hydroxylation is 1. The molecule has 3 nitrogen and oxygen atoms in total. The van der Waals surface area contributed by atoms with Gasteiger partial charge in [0.05, 0.1) is 4.88 Å². The largest absolute Gasteiger partial charge is 0.396 e. The topological polar surface area (TPSA) is 49.3 Å². The highest BCUT2D eigenvalue weighted by Gasteiger charge is 2.21. The van der Waals surface area contributed by atoms with Crippen LogP contribution in [0.3, 0.4) is 0 Å². The first kappa shape index (κ1) is 14.9. The molecule has 0 unspecified atom stereocenters. The van der Waals surface area contributed by atoms with E-state index in [1.54, 1.807) is 11.3 Å². The van der Waals surface area contributed by atoms with Crippen molar-refractivity contribution in [1.29, 1.82) is 0 Å². The van der Waals surface area contributed by atoms with Crippen molar-refractivity contribution in [3.63, 3.8) is 0 Å². The van der Waals surface area contributed by atoms with Crippen LogP contribution >= 0.6 is 23.1 Å². The zero-order valence-electron chi connectivity index (χ0n) is 11.5. The van der Waals surface area contributed by atoms with Crippen LogP contribution in [0.1, 0.15) is 40.4 Å². The Bertz CT molecular complexity index is 431. The van der Waals surface area contributed by atoms with Crippen LogP contribution < -0.4 is 5.32 Å². The van der Waals surface area contributed by atoms with Crippen molar-refractivity contribution in [2.45, 2.75) is 32.4 Å². The van der Waals surface area contributed by atoms with Crippen LogP contribution in [-0.4, -0.2) is 29.9 Å². The molecule has 0 radical (unpaired) electrons. The molecule has 0 aromatic carbocycles. The first-order valence-corrected chi connectivity index (χ1v) is 8.57. The van der Waals surface area contributed by atoms with Crippen LogP contribution in [0.5, 0.6) is 0 Å². The number of nitrogens with one attached hydrogen (secondary N) is 1. The lowest BCUT2D eigenvalue weighted by Gasteiger charge is -2.23. The Morgan fingerprint density at radius 1 is 1.53 bits per heavy atom. The summed E-state index contributed by atoms with van der Waals surface area (Å²) in [4.78, 5) is 14.3. The average Bonchev–Trinajstić information content (AvgIpc) is 2.79. The van der Waals surface area contributed by atoms with E-state index in [0.29, 0.717) is 13.0 Å². The zero-order valence-corrected chi connectivity index (χ0v) is 13.1. The summed E-state index contributed by atoms with van der Waals surface area (Å²) in [5.74, 6) is 2.23. The monoisotopic (exact) mass is 299 g/mol. The second-order valence-electron chi connectivity index (χ2n) is 5.68. The standard InChI is InChI=1S/C14H21NO2S2/c1-14(2,4-5-16)9-15-13(17)12-7-10-8-18-6-3-11(10)19-12/h7,16H,3-6,8-9H2,1-2H3,(H,15,17). The smallest absolute Gasteiger partial charge is 0.261 e. The molecule has 2 N–H and O–H groups in total. The molecular weight excluding hydrogens is 278 g/mol. The van der Waals surface area contributed by atoms with Crippen molar-refractivity contribution in [2.75, 3.05) is 18.9 Å². The van der Waals surface area contributed by atoms with E-state index < -0.39 is 0 Å². The van der Waals surface area contributed by atoms with Gasteiger partial charge in [-0.3, -0.25) is 4.79 Å². The van der Waals surface area contributed by atoms with Crippen molar-refractivity contribution in [2.24, 2.45) is 5.41 Å². The molecular formula is C14H21NO2S2. The summed E-state index contributed by atoms with van der Waals surface area (Å²) < 4.78 is 0. The van der Waals surface area contributed by atoms with E-state index in [-0.39, 0.29) is 17.9 Å². The lowest BCUT2D eigenvalue weighted by atomic mass is 9.90. The van der Waals surface area contributed by atoms with Crippen LogP contribution in [0, 0.1) is 5.41 Å². The minimum atomic E-state index is -0.0584. The number of aliphatic hydroxyl groups excluding tert-OH is 1. The Morgan fingerprint density at radius 2 is 2.32 bits per heavy atom. The Hall–Kier alpha value is -0.520. The highest BCUT2D eigenvalue weighted by atomic mass is 32.2. The molecule has 1 amide bonds. The minimum absolute atomic E-state index is 0.0235. The number of rotatable bonds is 5. The first-order valence-electron chi connectivity index (χ1n) is 6.60. The molecule has 0 bridgehead atoms. The third-order valence-electron chi connectivity index (χ3n) is 3.37. The fourth-order valence-electron chi connectivity index (χ4n) is 2.06. The number of hydrogen-bond donors (Lipinski definition) is 2. The molecule has 5 heteroatoms. The van der Waals surface area contributed by atoms with E-state index in [1.165, 1.54) is 10.4 Å². The van der Waals surface area contributed by atoms with Gasteiger partial charge < -0.3 is 10.4 Å². The SMILES string of the molecule is CC(C)(CCO)CNC(=O)c1cc2c(s1)CCSC2. The van der Waals surface area contributed by atoms with Gasteiger partial charge in [0.15, 0.2) is 0 Å². The van der Waals surface area contributed by atoms with Crippen LogP contribution in [0.25, 0.3) is 0 Å². The molecule has 1 aromatic heterocycles. The summed E-state index contributed by atoms with van der Waals surface area (Å²) in [6, 6.07) is 2.04. The zero-order chi connectivity index (χ0) is 13.9. The molecule has 19 heavy (non-hydrogen) atoms. The molecule has 2 heterocycles. The Morgan fingerprint density at radius 3 is 3.00 bits per heavy atom. The fourth-order valence-corrected chi connectivity index (χ4v) is 4.35. The number of thioether (sulfide) groups is 1. The maximum atomic E-state index is 12.1. The van der Waals surface area contributed by atoms with Crippen LogP contribution in [0.4, 0.5) is 0 Å². The van der Waals surface area contributed by atoms with Crippen molar-refractivity contribution in [3.05, 3.63) is 21.4 Å². The highest BCUT2D eigenvalue weighted by molar-refractivity contribution is 7.98. The first-order chi connectivity index (χ1) is 9.02. The minimum Gasteiger partial charge on any atom is -0.396 e. The summed E-state index contributed by atoms with van der Waals surface area (Å²) in [7, 11) is 0. The summed E-state index contributed by atoms with van der Waals surface area (Å²) in [6.45, 7) is 4.87. The number of aliphatic hydroxyl groups is 1. The molecule has 0 saturated heterocycles. The van der Waals surface area contributed by atoms with E-state index in [1.807, 2.05) is 17.8 Å². The van der Waals surface area contributed by atoms with Gasteiger partial charge in [0.1, 0.15) is 0 Å². The lowest BCUT2D eigenvalue weighted by Crippen LogP contribution is -2.34. The van der Waals surface area contributed by atoms with Crippen molar-refractivity contribution < 1.29 is 9.90 Å². The molecule has 0 aliphatic carbocycles. The third kappa shape index (κ3) is 3.97. The maximum Gasteiger partial charge on any atom is 0.261 e. The molecule has 106 valence electrons. The number of carbonyl (C=O) groups is 1. The highest BCUT2D eigenvalue weighted by Crippen LogP contribution is 2.31. The van der Waals surface area contributed by atoms with Gasteiger partial charge >= 0.3 is 0 Å². The quantitative estimate of drug-likeness (QED) is 0.879. The van der Waals surface area contributed by atoms with Crippen molar-refractivity contribution >= 4 is 29.0 Å². The average molecular weight is 299 g/mol. The second kappa shape index (κ2) is 6.29. The van der Waals surface area contributed by atoms with E-state index in [9.17, 15) is 4.79 Å². The third-order valence-corrected chi connectivity index (χ3v) is 5.61. The number of thiophene rings is 1. The number of carbonyl (C=O) groups excluding carboxylic acids is 1. The Kier molecular flexibility index (Phi) is 4.92. The molecule has 2 rings (SSSR count). The van der Waals surface area contributed by atoms with E-state index in [0.717, 1.165) is 22.8 Å². The Balaban J connectivity index is 1.95.